The summed E-state index contributed by atoms with van der Waals surface area (Å²) in [6.07, 6.45) is 1.93. The van der Waals surface area contributed by atoms with Crippen molar-refractivity contribution in [2.24, 2.45) is 0 Å². The van der Waals surface area contributed by atoms with E-state index in [1.807, 2.05) is 19.1 Å². The maximum atomic E-state index is 11.0. The Bertz CT molecular complexity index is 480. The van der Waals surface area contributed by atoms with Gasteiger partial charge in [0.2, 0.25) is 6.79 Å². The summed E-state index contributed by atoms with van der Waals surface area (Å²) in [5.74, 6) is 2.07. The van der Waals surface area contributed by atoms with Crippen LogP contribution in [0.5, 0.6) is 11.5 Å². The van der Waals surface area contributed by atoms with Crippen molar-refractivity contribution in [3.8, 4) is 11.5 Å². The molecule has 0 spiro atoms. The average Bonchev–Trinajstić information content (AvgIpc) is 2.89. The molecule has 112 valence electrons. The standard InChI is InChI=1S/C14H21NO4S/c1-10(5-6-20(2)17)15-8-12(16)11-3-4-13-14(7-11)19-9-18-13/h3-4,7,10,12,15-16H,5-6,8-9H2,1-2H3. The van der Waals surface area contributed by atoms with E-state index in [1.54, 1.807) is 12.3 Å². The second kappa shape index (κ2) is 7.06. The van der Waals surface area contributed by atoms with Gasteiger partial charge < -0.3 is 19.9 Å². The predicted octanol–water partition coefficient (Wildman–Crippen LogP) is 1.20. The first-order chi connectivity index (χ1) is 9.56. The quantitative estimate of drug-likeness (QED) is 0.792. The summed E-state index contributed by atoms with van der Waals surface area (Å²) in [5.41, 5.74) is 0.799. The van der Waals surface area contributed by atoms with Gasteiger partial charge in [0, 0.05) is 35.4 Å². The number of rotatable bonds is 7. The maximum Gasteiger partial charge on any atom is 0.231 e. The fourth-order valence-corrected chi connectivity index (χ4v) is 2.68. The van der Waals surface area contributed by atoms with Gasteiger partial charge in [-0.05, 0) is 31.0 Å². The summed E-state index contributed by atoms with van der Waals surface area (Å²) in [6.45, 7) is 2.72. The molecule has 1 aliphatic rings. The summed E-state index contributed by atoms with van der Waals surface area (Å²) in [7, 11) is -0.769. The van der Waals surface area contributed by atoms with Gasteiger partial charge in [-0.25, -0.2) is 0 Å². The fourth-order valence-electron chi connectivity index (χ4n) is 2.00. The Balaban J connectivity index is 1.82. The highest BCUT2D eigenvalue weighted by Gasteiger charge is 2.17. The molecule has 3 atom stereocenters. The van der Waals surface area contributed by atoms with Crippen molar-refractivity contribution in [1.29, 1.82) is 0 Å². The molecule has 20 heavy (non-hydrogen) atoms. The SMILES string of the molecule is CC(CCS(C)=O)NCC(O)c1ccc2c(c1)OCO2. The zero-order valence-corrected chi connectivity index (χ0v) is 12.6. The first-order valence-electron chi connectivity index (χ1n) is 6.67. The number of hydrogen-bond donors (Lipinski definition) is 2. The van der Waals surface area contributed by atoms with E-state index < -0.39 is 16.9 Å². The van der Waals surface area contributed by atoms with Crippen molar-refractivity contribution in [2.45, 2.75) is 25.5 Å². The lowest BCUT2D eigenvalue weighted by Crippen LogP contribution is -2.31. The lowest BCUT2D eigenvalue weighted by Gasteiger charge is -2.17. The van der Waals surface area contributed by atoms with Gasteiger partial charge in [0.05, 0.1) is 6.10 Å². The van der Waals surface area contributed by atoms with Gasteiger partial charge in [0.15, 0.2) is 11.5 Å². The Kier molecular flexibility index (Phi) is 5.39. The Morgan fingerprint density at radius 1 is 1.40 bits per heavy atom. The van der Waals surface area contributed by atoms with Gasteiger partial charge in [-0.1, -0.05) is 6.07 Å². The number of hydrogen-bond acceptors (Lipinski definition) is 5. The molecule has 0 aromatic heterocycles. The number of benzene rings is 1. The van der Waals surface area contributed by atoms with Crippen LogP contribution >= 0.6 is 0 Å². The van der Waals surface area contributed by atoms with Crippen LogP contribution in [0.15, 0.2) is 18.2 Å². The fraction of sp³-hybridized carbons (Fsp3) is 0.571. The van der Waals surface area contributed by atoms with Crippen LogP contribution < -0.4 is 14.8 Å². The van der Waals surface area contributed by atoms with Crippen LogP contribution in [-0.2, 0) is 10.8 Å². The number of aliphatic hydroxyl groups is 1. The minimum absolute atomic E-state index is 0.225. The van der Waals surface area contributed by atoms with E-state index in [2.05, 4.69) is 5.32 Å². The Labute approximate surface area is 121 Å². The number of nitrogens with one attached hydrogen (secondary N) is 1. The summed E-state index contributed by atoms with van der Waals surface area (Å²) < 4.78 is 21.6. The highest BCUT2D eigenvalue weighted by atomic mass is 32.2. The molecule has 0 fully saturated rings. The molecule has 0 radical (unpaired) electrons. The van der Waals surface area contributed by atoms with E-state index in [1.165, 1.54) is 0 Å². The van der Waals surface area contributed by atoms with Crippen molar-refractivity contribution >= 4 is 10.8 Å². The van der Waals surface area contributed by atoms with Crippen molar-refractivity contribution < 1.29 is 18.8 Å². The molecule has 5 nitrogen and oxygen atoms in total. The molecule has 0 amide bonds. The van der Waals surface area contributed by atoms with Crippen LogP contribution in [0, 0.1) is 0 Å². The largest absolute Gasteiger partial charge is 0.454 e. The topological polar surface area (TPSA) is 67.8 Å². The Morgan fingerprint density at radius 3 is 2.90 bits per heavy atom. The van der Waals surface area contributed by atoms with E-state index >= 15 is 0 Å². The number of aliphatic hydroxyl groups excluding tert-OH is 1. The molecule has 6 heteroatoms. The predicted molar refractivity (Wildman–Crippen MR) is 78.5 cm³/mol. The third kappa shape index (κ3) is 4.19. The molecular weight excluding hydrogens is 278 g/mol. The van der Waals surface area contributed by atoms with Gasteiger partial charge in [-0.2, -0.15) is 0 Å². The molecule has 3 unspecified atom stereocenters. The van der Waals surface area contributed by atoms with Crippen LogP contribution in [-0.4, -0.2) is 40.7 Å². The summed E-state index contributed by atoms with van der Waals surface area (Å²) in [4.78, 5) is 0. The summed E-state index contributed by atoms with van der Waals surface area (Å²) >= 11 is 0. The number of fused-ring (bicyclic) bond motifs is 1. The van der Waals surface area contributed by atoms with Crippen LogP contribution in [0.2, 0.25) is 0 Å². The van der Waals surface area contributed by atoms with E-state index in [-0.39, 0.29) is 12.8 Å². The molecule has 2 N–H and O–H groups in total. The normalized spacial score (nSPS) is 17.8. The third-order valence-electron chi connectivity index (χ3n) is 3.28. The van der Waals surface area contributed by atoms with Crippen molar-refractivity contribution in [3.05, 3.63) is 23.8 Å². The van der Waals surface area contributed by atoms with Crippen LogP contribution in [0.3, 0.4) is 0 Å². The minimum Gasteiger partial charge on any atom is -0.454 e. The van der Waals surface area contributed by atoms with Gasteiger partial charge >= 0.3 is 0 Å². The zero-order valence-electron chi connectivity index (χ0n) is 11.8. The minimum atomic E-state index is -0.769. The Hall–Kier alpha value is -1.11. The smallest absolute Gasteiger partial charge is 0.231 e. The van der Waals surface area contributed by atoms with E-state index in [0.717, 1.165) is 12.0 Å². The van der Waals surface area contributed by atoms with Gasteiger partial charge in [0.1, 0.15) is 0 Å². The molecule has 2 rings (SSSR count). The van der Waals surface area contributed by atoms with Crippen LogP contribution in [0.4, 0.5) is 0 Å². The highest BCUT2D eigenvalue weighted by Crippen LogP contribution is 2.34. The molecule has 1 aromatic rings. The van der Waals surface area contributed by atoms with Gasteiger partial charge in [0.25, 0.3) is 0 Å². The molecule has 0 saturated heterocycles. The first kappa shape index (κ1) is 15.3. The zero-order chi connectivity index (χ0) is 14.5. The van der Waals surface area contributed by atoms with Crippen LogP contribution in [0.1, 0.15) is 25.0 Å². The maximum absolute atomic E-state index is 11.0. The summed E-state index contributed by atoms with van der Waals surface area (Å²) in [5, 5.41) is 13.4. The van der Waals surface area contributed by atoms with Crippen molar-refractivity contribution in [1.82, 2.24) is 5.32 Å². The molecular formula is C14H21NO4S. The molecule has 0 aliphatic carbocycles. The lowest BCUT2D eigenvalue weighted by molar-refractivity contribution is 0.168. The van der Waals surface area contributed by atoms with E-state index in [9.17, 15) is 9.32 Å². The summed E-state index contributed by atoms with van der Waals surface area (Å²) in [6, 6.07) is 5.68. The van der Waals surface area contributed by atoms with Gasteiger partial charge in [-0.3, -0.25) is 4.21 Å². The molecule has 0 bridgehead atoms. The van der Waals surface area contributed by atoms with Crippen molar-refractivity contribution in [3.63, 3.8) is 0 Å². The monoisotopic (exact) mass is 299 g/mol. The van der Waals surface area contributed by atoms with Crippen molar-refractivity contribution in [2.75, 3.05) is 25.3 Å². The second-order valence-corrected chi connectivity index (χ2v) is 6.56. The average molecular weight is 299 g/mol. The second-order valence-electron chi connectivity index (χ2n) is 5.00. The molecule has 1 heterocycles. The third-order valence-corrected chi connectivity index (χ3v) is 4.09. The molecule has 1 aromatic carbocycles. The van der Waals surface area contributed by atoms with Gasteiger partial charge in [-0.15, -0.1) is 0 Å². The highest BCUT2D eigenvalue weighted by molar-refractivity contribution is 7.84. The molecule has 0 saturated carbocycles. The van der Waals surface area contributed by atoms with Crippen LogP contribution in [0.25, 0.3) is 0 Å². The lowest BCUT2D eigenvalue weighted by atomic mass is 10.1. The molecule has 1 aliphatic heterocycles. The van der Waals surface area contributed by atoms with E-state index in [0.29, 0.717) is 23.8 Å². The Morgan fingerprint density at radius 2 is 2.15 bits per heavy atom. The number of ether oxygens (including phenoxy) is 2. The first-order valence-corrected chi connectivity index (χ1v) is 8.40. The van der Waals surface area contributed by atoms with E-state index in [4.69, 9.17) is 9.47 Å².